The second-order valence-corrected chi connectivity index (χ2v) is 8.64. The van der Waals surface area contributed by atoms with E-state index in [0.29, 0.717) is 9.49 Å². The smallest absolute Gasteiger partial charge is 0.0137 e. The summed E-state index contributed by atoms with van der Waals surface area (Å²) in [5, 5.41) is 0. The summed E-state index contributed by atoms with van der Waals surface area (Å²) in [7, 11) is 0. The van der Waals surface area contributed by atoms with Crippen LogP contribution < -0.4 is 0 Å². The van der Waals surface area contributed by atoms with Crippen LogP contribution in [0.15, 0.2) is 0 Å². The Morgan fingerprint density at radius 1 is 0.647 bits per heavy atom. The highest BCUT2D eigenvalue weighted by atomic mass is 32.2. The SMILES string of the molecule is CCC(CC)C(C)(C)SC(C)(C)C(CC)CC. The Morgan fingerprint density at radius 3 is 1.06 bits per heavy atom. The highest BCUT2D eigenvalue weighted by Gasteiger charge is 2.37. The maximum absolute atomic E-state index is 2.44. The molecule has 1 heteroatoms. The van der Waals surface area contributed by atoms with Gasteiger partial charge >= 0.3 is 0 Å². The molecule has 0 saturated carbocycles. The van der Waals surface area contributed by atoms with Crippen LogP contribution in [0, 0.1) is 11.8 Å². The first-order valence-corrected chi connectivity index (χ1v) is 8.26. The molecular formula is C16H34S. The molecule has 0 rings (SSSR count). The van der Waals surface area contributed by atoms with Crippen molar-refractivity contribution in [1.29, 1.82) is 0 Å². The lowest BCUT2D eigenvalue weighted by Gasteiger charge is -2.43. The molecule has 0 N–H and O–H groups in total. The van der Waals surface area contributed by atoms with Crippen LogP contribution in [0.4, 0.5) is 0 Å². The summed E-state index contributed by atoms with van der Waals surface area (Å²) in [5.74, 6) is 1.67. The molecule has 0 atom stereocenters. The van der Waals surface area contributed by atoms with Gasteiger partial charge in [-0.2, -0.15) is 0 Å². The van der Waals surface area contributed by atoms with E-state index in [1.165, 1.54) is 25.7 Å². The molecule has 0 aromatic rings. The van der Waals surface area contributed by atoms with Gasteiger partial charge in [0.15, 0.2) is 0 Å². The molecule has 0 aliphatic heterocycles. The summed E-state index contributed by atoms with van der Waals surface area (Å²) < 4.78 is 0.797. The van der Waals surface area contributed by atoms with E-state index in [4.69, 9.17) is 0 Å². The van der Waals surface area contributed by atoms with E-state index in [9.17, 15) is 0 Å². The van der Waals surface area contributed by atoms with Crippen molar-refractivity contribution in [3.05, 3.63) is 0 Å². The van der Waals surface area contributed by atoms with Crippen LogP contribution in [0.3, 0.4) is 0 Å². The Bertz CT molecular complexity index is 176. The van der Waals surface area contributed by atoms with Crippen molar-refractivity contribution in [2.24, 2.45) is 11.8 Å². The normalized spacial score (nSPS) is 13.8. The van der Waals surface area contributed by atoms with Crippen molar-refractivity contribution in [3.63, 3.8) is 0 Å². The van der Waals surface area contributed by atoms with Crippen molar-refractivity contribution in [1.82, 2.24) is 0 Å². The maximum Gasteiger partial charge on any atom is 0.0137 e. The highest BCUT2D eigenvalue weighted by molar-refractivity contribution is 8.01. The Morgan fingerprint density at radius 2 is 0.882 bits per heavy atom. The van der Waals surface area contributed by atoms with E-state index >= 15 is 0 Å². The lowest BCUT2D eigenvalue weighted by molar-refractivity contribution is 0.368. The molecule has 0 aromatic carbocycles. The third-order valence-electron chi connectivity index (χ3n) is 4.46. The zero-order valence-electron chi connectivity index (χ0n) is 13.4. The second-order valence-electron chi connectivity index (χ2n) is 6.34. The zero-order chi connectivity index (χ0) is 13.7. The molecule has 0 nitrogen and oxygen atoms in total. The van der Waals surface area contributed by atoms with E-state index in [1.54, 1.807) is 0 Å². The van der Waals surface area contributed by atoms with Crippen molar-refractivity contribution >= 4 is 11.8 Å². The molecular weight excluding hydrogens is 224 g/mol. The molecule has 0 spiro atoms. The van der Waals surface area contributed by atoms with E-state index in [-0.39, 0.29) is 0 Å². The van der Waals surface area contributed by atoms with Crippen molar-refractivity contribution < 1.29 is 0 Å². The number of thioether (sulfide) groups is 1. The Balaban J connectivity index is 4.78. The standard InChI is InChI=1S/C16H34S/c1-9-13(10-2)15(5,6)17-16(7,8)14(11-3)12-4/h13-14H,9-12H2,1-8H3. The molecule has 0 fully saturated rings. The lowest BCUT2D eigenvalue weighted by Crippen LogP contribution is -2.37. The van der Waals surface area contributed by atoms with Crippen LogP contribution in [-0.2, 0) is 0 Å². The Labute approximate surface area is 114 Å². The summed E-state index contributed by atoms with van der Waals surface area (Å²) in [5.41, 5.74) is 0. The van der Waals surface area contributed by atoms with Gasteiger partial charge in [-0.25, -0.2) is 0 Å². The molecule has 0 aliphatic carbocycles. The molecule has 17 heavy (non-hydrogen) atoms. The number of hydrogen-bond acceptors (Lipinski definition) is 1. The van der Waals surface area contributed by atoms with Crippen LogP contribution in [0.1, 0.15) is 81.1 Å². The van der Waals surface area contributed by atoms with Crippen LogP contribution >= 0.6 is 11.8 Å². The summed E-state index contributed by atoms with van der Waals surface area (Å²) in [6, 6.07) is 0. The van der Waals surface area contributed by atoms with Gasteiger partial charge in [0.2, 0.25) is 0 Å². The second kappa shape index (κ2) is 7.07. The van der Waals surface area contributed by atoms with Crippen LogP contribution in [0.5, 0.6) is 0 Å². The Hall–Kier alpha value is 0.350. The third kappa shape index (κ3) is 4.85. The van der Waals surface area contributed by atoms with Gasteiger partial charge in [0.05, 0.1) is 0 Å². The molecule has 104 valence electrons. The lowest BCUT2D eigenvalue weighted by atomic mass is 9.89. The maximum atomic E-state index is 2.44. The van der Waals surface area contributed by atoms with Gasteiger partial charge in [0.25, 0.3) is 0 Å². The van der Waals surface area contributed by atoms with E-state index in [2.05, 4.69) is 67.2 Å². The number of rotatable bonds is 8. The van der Waals surface area contributed by atoms with Gasteiger partial charge in [-0.1, -0.05) is 81.1 Å². The average molecular weight is 259 g/mol. The first-order valence-electron chi connectivity index (χ1n) is 7.45. The molecule has 0 unspecified atom stereocenters. The van der Waals surface area contributed by atoms with Gasteiger partial charge in [-0.05, 0) is 11.8 Å². The summed E-state index contributed by atoms with van der Waals surface area (Å²) >= 11 is 2.22. The highest BCUT2D eigenvalue weighted by Crippen LogP contribution is 2.48. The molecule has 0 radical (unpaired) electrons. The van der Waals surface area contributed by atoms with Gasteiger partial charge in [0.1, 0.15) is 0 Å². The van der Waals surface area contributed by atoms with Gasteiger partial charge in [-0.15, -0.1) is 11.8 Å². The average Bonchev–Trinajstić information content (AvgIpc) is 2.18. The predicted molar refractivity (Wildman–Crippen MR) is 83.9 cm³/mol. The predicted octanol–water partition coefficient (Wildman–Crippen LogP) is 6.15. The number of hydrogen-bond donors (Lipinski definition) is 0. The summed E-state index contributed by atoms with van der Waals surface area (Å²) in [4.78, 5) is 0. The minimum Gasteiger partial charge on any atom is -0.149 e. The quantitative estimate of drug-likeness (QED) is 0.503. The first kappa shape index (κ1) is 17.4. The zero-order valence-corrected chi connectivity index (χ0v) is 14.2. The first-order chi connectivity index (χ1) is 7.75. The van der Waals surface area contributed by atoms with E-state index in [0.717, 1.165) is 11.8 Å². The molecule has 0 aliphatic rings. The van der Waals surface area contributed by atoms with Gasteiger partial charge in [0, 0.05) is 9.49 Å². The van der Waals surface area contributed by atoms with E-state index in [1.807, 2.05) is 0 Å². The topological polar surface area (TPSA) is 0 Å². The fourth-order valence-corrected chi connectivity index (χ4v) is 5.74. The minimum absolute atomic E-state index is 0.398. The van der Waals surface area contributed by atoms with Crippen LogP contribution in [-0.4, -0.2) is 9.49 Å². The van der Waals surface area contributed by atoms with Crippen LogP contribution in [0.25, 0.3) is 0 Å². The van der Waals surface area contributed by atoms with Crippen molar-refractivity contribution in [2.75, 3.05) is 0 Å². The van der Waals surface area contributed by atoms with Crippen molar-refractivity contribution in [3.8, 4) is 0 Å². The molecule has 0 bridgehead atoms. The van der Waals surface area contributed by atoms with Crippen molar-refractivity contribution in [2.45, 2.75) is 90.6 Å². The fraction of sp³-hybridized carbons (Fsp3) is 1.00. The third-order valence-corrected chi connectivity index (χ3v) is 6.18. The molecule has 0 aromatic heterocycles. The van der Waals surface area contributed by atoms with Gasteiger partial charge < -0.3 is 0 Å². The van der Waals surface area contributed by atoms with Crippen LogP contribution in [0.2, 0.25) is 0 Å². The minimum atomic E-state index is 0.398. The molecule has 0 amide bonds. The molecule has 0 heterocycles. The largest absolute Gasteiger partial charge is 0.149 e. The van der Waals surface area contributed by atoms with Gasteiger partial charge in [-0.3, -0.25) is 0 Å². The fourth-order valence-electron chi connectivity index (χ4n) is 3.39. The molecule has 0 saturated heterocycles. The summed E-state index contributed by atoms with van der Waals surface area (Å²) in [6.45, 7) is 19.1. The summed E-state index contributed by atoms with van der Waals surface area (Å²) in [6.07, 6.45) is 5.20. The Kier molecular flexibility index (Phi) is 7.21. The monoisotopic (exact) mass is 258 g/mol. The van der Waals surface area contributed by atoms with E-state index < -0.39 is 0 Å².